The van der Waals surface area contributed by atoms with Crippen LogP contribution in [0.15, 0.2) is 24.3 Å². The molecule has 1 unspecified atom stereocenters. The third-order valence-electron chi connectivity index (χ3n) is 4.62. The van der Waals surface area contributed by atoms with Gasteiger partial charge in [-0.25, -0.2) is 4.39 Å². The maximum Gasteiger partial charge on any atom is 0.253 e. The molecule has 3 rings (SSSR count). The first-order valence-electron chi connectivity index (χ1n) is 8.53. The van der Waals surface area contributed by atoms with E-state index >= 15 is 0 Å². The molecule has 0 aliphatic carbocycles. The van der Waals surface area contributed by atoms with E-state index in [1.807, 2.05) is 0 Å². The number of nitrogens with zero attached hydrogens (tertiary/aromatic N) is 3. The number of anilines is 2. The number of hydrogen-bond donors (Lipinski definition) is 1. The van der Waals surface area contributed by atoms with E-state index in [9.17, 15) is 26.7 Å². The molecule has 2 aromatic rings. The van der Waals surface area contributed by atoms with Crippen LogP contribution in [0.25, 0.3) is 0 Å². The van der Waals surface area contributed by atoms with Crippen molar-refractivity contribution in [1.29, 1.82) is 0 Å². The van der Waals surface area contributed by atoms with Gasteiger partial charge in [0, 0.05) is 31.9 Å². The van der Waals surface area contributed by atoms with E-state index in [4.69, 9.17) is 0 Å². The monoisotopic (exact) mass is 400 g/mol. The van der Waals surface area contributed by atoms with Gasteiger partial charge >= 0.3 is 0 Å². The summed E-state index contributed by atoms with van der Waals surface area (Å²) in [6.45, 7) is 2.18. The van der Waals surface area contributed by atoms with Crippen molar-refractivity contribution in [2.75, 3.05) is 36.4 Å². The highest BCUT2D eigenvalue weighted by atomic mass is 19.2. The Bertz CT molecular complexity index is 860. The summed E-state index contributed by atoms with van der Waals surface area (Å²) in [5.74, 6) is -7.39. The zero-order valence-corrected chi connectivity index (χ0v) is 14.9. The number of benzene rings is 1. The van der Waals surface area contributed by atoms with Crippen LogP contribution in [0.4, 0.5) is 33.3 Å². The Kier molecular flexibility index (Phi) is 5.78. The van der Waals surface area contributed by atoms with Crippen LogP contribution in [-0.4, -0.2) is 48.0 Å². The Morgan fingerprint density at radius 3 is 2.21 bits per heavy atom. The third kappa shape index (κ3) is 4.06. The molecule has 1 aromatic heterocycles. The van der Waals surface area contributed by atoms with Crippen LogP contribution >= 0.6 is 0 Å². The molecule has 1 amide bonds. The molecular weight excluding hydrogens is 383 g/mol. The maximum absolute atomic E-state index is 13.9. The quantitative estimate of drug-likeness (QED) is 0.634. The summed E-state index contributed by atoms with van der Waals surface area (Å²) in [6.07, 6.45) is 0. The Hall–Kier alpha value is -2.75. The number of rotatable bonds is 4. The predicted octanol–water partition coefficient (Wildman–Crippen LogP) is 2.93. The average Bonchev–Trinajstić information content (AvgIpc) is 2.66. The van der Waals surface area contributed by atoms with Gasteiger partial charge in [-0.05, 0) is 25.1 Å². The van der Waals surface area contributed by atoms with Crippen molar-refractivity contribution in [3.63, 3.8) is 0 Å². The minimum Gasteiger partial charge on any atom is -0.364 e. The molecule has 28 heavy (non-hydrogen) atoms. The second kappa shape index (κ2) is 8.09. The van der Waals surface area contributed by atoms with Gasteiger partial charge in [0.2, 0.25) is 17.5 Å². The smallest absolute Gasteiger partial charge is 0.253 e. The number of piperazine rings is 1. The minimum atomic E-state index is -1.71. The molecule has 150 valence electrons. The standard InChI is InChI=1S/C18H17F5N4O/c1-10(18(28)24-12-4-2-3-11(19)9-12)26-5-7-27(8-6-26)15-13(20)16(22)25-17(23)14(15)21/h2-4,9-10H,5-8H2,1H3,(H,24,28). The van der Waals surface area contributed by atoms with Gasteiger partial charge in [0.15, 0.2) is 0 Å². The Morgan fingerprint density at radius 2 is 1.64 bits per heavy atom. The van der Waals surface area contributed by atoms with Crippen molar-refractivity contribution in [3.05, 3.63) is 53.6 Å². The highest BCUT2D eigenvalue weighted by Crippen LogP contribution is 2.27. The molecule has 0 bridgehead atoms. The first kappa shape index (κ1) is 20.0. The average molecular weight is 400 g/mol. The molecule has 1 aliphatic heterocycles. The molecule has 0 radical (unpaired) electrons. The summed E-state index contributed by atoms with van der Waals surface area (Å²) in [6, 6.07) is 4.84. The van der Waals surface area contributed by atoms with Crippen molar-refractivity contribution >= 4 is 17.3 Å². The van der Waals surface area contributed by atoms with Crippen molar-refractivity contribution in [1.82, 2.24) is 9.88 Å². The molecule has 1 aliphatic rings. The van der Waals surface area contributed by atoms with Crippen LogP contribution in [-0.2, 0) is 4.79 Å². The first-order chi connectivity index (χ1) is 13.3. The predicted molar refractivity (Wildman–Crippen MR) is 92.3 cm³/mol. The van der Waals surface area contributed by atoms with Crippen molar-refractivity contribution < 1.29 is 26.7 Å². The molecule has 1 aromatic carbocycles. The van der Waals surface area contributed by atoms with E-state index in [0.29, 0.717) is 5.69 Å². The lowest BCUT2D eigenvalue weighted by molar-refractivity contribution is -0.120. The Morgan fingerprint density at radius 1 is 1.04 bits per heavy atom. The van der Waals surface area contributed by atoms with Gasteiger partial charge in [-0.3, -0.25) is 9.69 Å². The van der Waals surface area contributed by atoms with E-state index in [0.717, 1.165) is 0 Å². The van der Waals surface area contributed by atoms with E-state index in [1.54, 1.807) is 17.9 Å². The second-order valence-electron chi connectivity index (χ2n) is 6.37. The zero-order chi connectivity index (χ0) is 20.4. The molecule has 10 heteroatoms. The Balaban J connectivity index is 1.64. The minimum absolute atomic E-state index is 0.0499. The fourth-order valence-electron chi connectivity index (χ4n) is 3.07. The molecule has 1 atom stereocenters. The van der Waals surface area contributed by atoms with Gasteiger partial charge in [0.05, 0.1) is 6.04 Å². The van der Waals surface area contributed by atoms with Crippen LogP contribution in [0.2, 0.25) is 0 Å². The Labute approximate surface area is 157 Å². The largest absolute Gasteiger partial charge is 0.364 e. The van der Waals surface area contributed by atoms with E-state index in [2.05, 4.69) is 10.3 Å². The van der Waals surface area contributed by atoms with Crippen LogP contribution in [0, 0.1) is 29.3 Å². The summed E-state index contributed by atoms with van der Waals surface area (Å²) in [7, 11) is 0. The van der Waals surface area contributed by atoms with E-state index in [-0.39, 0.29) is 32.1 Å². The number of halogens is 5. The molecule has 5 nitrogen and oxygen atoms in total. The molecule has 1 saturated heterocycles. The van der Waals surface area contributed by atoms with Crippen molar-refractivity contribution in [2.45, 2.75) is 13.0 Å². The topological polar surface area (TPSA) is 48.5 Å². The fourth-order valence-corrected chi connectivity index (χ4v) is 3.07. The summed E-state index contributed by atoms with van der Waals surface area (Å²) < 4.78 is 67.6. The first-order valence-corrected chi connectivity index (χ1v) is 8.53. The number of pyridine rings is 1. The van der Waals surface area contributed by atoms with Crippen molar-refractivity contribution in [2.24, 2.45) is 0 Å². The molecule has 0 saturated carbocycles. The number of hydrogen-bond acceptors (Lipinski definition) is 4. The summed E-state index contributed by atoms with van der Waals surface area (Å²) in [4.78, 5) is 17.8. The SMILES string of the molecule is CC(C(=O)Nc1cccc(F)c1)N1CCN(c2c(F)c(F)nc(F)c2F)CC1. The fraction of sp³-hybridized carbons (Fsp3) is 0.333. The number of carbonyl (C=O) groups is 1. The molecular formula is C18H17F5N4O. The zero-order valence-electron chi connectivity index (χ0n) is 14.9. The van der Waals surface area contributed by atoms with Crippen molar-refractivity contribution in [3.8, 4) is 0 Å². The number of aromatic nitrogens is 1. The molecule has 1 N–H and O–H groups in total. The van der Waals surface area contributed by atoms with E-state index in [1.165, 1.54) is 23.1 Å². The number of amides is 1. The summed E-state index contributed by atoms with van der Waals surface area (Å²) >= 11 is 0. The lowest BCUT2D eigenvalue weighted by Gasteiger charge is -2.38. The summed E-state index contributed by atoms with van der Waals surface area (Å²) in [5.41, 5.74) is -0.496. The number of nitrogens with one attached hydrogen (secondary N) is 1. The summed E-state index contributed by atoms with van der Waals surface area (Å²) in [5, 5.41) is 2.59. The molecule has 0 spiro atoms. The maximum atomic E-state index is 13.9. The van der Waals surface area contributed by atoms with Gasteiger partial charge in [-0.2, -0.15) is 22.5 Å². The van der Waals surface area contributed by atoms with Crippen LogP contribution in [0.3, 0.4) is 0 Å². The highest BCUT2D eigenvalue weighted by Gasteiger charge is 2.30. The van der Waals surface area contributed by atoms with Gasteiger partial charge in [0.1, 0.15) is 11.5 Å². The molecule has 2 heterocycles. The normalized spacial score (nSPS) is 16.1. The van der Waals surface area contributed by atoms with Crippen LogP contribution < -0.4 is 10.2 Å². The van der Waals surface area contributed by atoms with Gasteiger partial charge in [0.25, 0.3) is 11.9 Å². The van der Waals surface area contributed by atoms with Crippen LogP contribution in [0.5, 0.6) is 0 Å². The van der Waals surface area contributed by atoms with Crippen LogP contribution in [0.1, 0.15) is 6.92 Å². The van der Waals surface area contributed by atoms with Gasteiger partial charge in [-0.1, -0.05) is 6.07 Å². The van der Waals surface area contributed by atoms with Gasteiger partial charge < -0.3 is 10.2 Å². The highest BCUT2D eigenvalue weighted by molar-refractivity contribution is 5.94. The molecule has 1 fully saturated rings. The number of carbonyl (C=O) groups excluding carboxylic acids is 1. The lowest BCUT2D eigenvalue weighted by atomic mass is 10.2. The lowest BCUT2D eigenvalue weighted by Crippen LogP contribution is -2.53. The van der Waals surface area contributed by atoms with Gasteiger partial charge in [-0.15, -0.1) is 0 Å². The third-order valence-corrected chi connectivity index (χ3v) is 4.62. The second-order valence-corrected chi connectivity index (χ2v) is 6.37. The van der Waals surface area contributed by atoms with E-state index < -0.39 is 41.1 Å².